The van der Waals surface area contributed by atoms with Gasteiger partial charge in [-0.05, 0) is 48.2 Å². The number of anilines is 1. The summed E-state index contributed by atoms with van der Waals surface area (Å²) in [4.78, 5) is 3.21. The second-order valence-corrected chi connectivity index (χ2v) is 4.62. The Balaban J connectivity index is 0.00000133. The molecular formula is C16H17ClN2. The van der Waals surface area contributed by atoms with Gasteiger partial charge in [0.1, 0.15) is 0 Å². The molecule has 1 aromatic heterocycles. The highest BCUT2D eigenvalue weighted by molar-refractivity contribution is 5.85. The third kappa shape index (κ3) is 3.09. The van der Waals surface area contributed by atoms with Crippen molar-refractivity contribution in [1.82, 2.24) is 4.98 Å². The van der Waals surface area contributed by atoms with E-state index in [0.29, 0.717) is 0 Å². The molecule has 1 heterocycles. The van der Waals surface area contributed by atoms with Gasteiger partial charge in [0, 0.05) is 23.9 Å². The summed E-state index contributed by atoms with van der Waals surface area (Å²) in [5, 5.41) is 4.70. The number of aromatic nitrogens is 1. The summed E-state index contributed by atoms with van der Waals surface area (Å²) in [6.07, 6.45) is 1.97. The number of hydrogen-bond donors (Lipinski definition) is 2. The molecule has 19 heavy (non-hydrogen) atoms. The van der Waals surface area contributed by atoms with Gasteiger partial charge in [0.15, 0.2) is 0 Å². The molecule has 2 N–H and O–H groups in total. The number of benzene rings is 2. The van der Waals surface area contributed by atoms with E-state index < -0.39 is 0 Å². The molecule has 0 fully saturated rings. The molecule has 3 heteroatoms. The Morgan fingerprint density at radius 2 is 1.79 bits per heavy atom. The van der Waals surface area contributed by atoms with Gasteiger partial charge >= 0.3 is 0 Å². The minimum atomic E-state index is 0. The number of rotatable bonds is 3. The standard InChI is InChI=1S/C16H16N2.ClH/c1-12-2-5-15(6-3-12)18-11-13-4-7-16-14(10-13)8-9-17-16;/h2-10,17-18H,11H2,1H3;1H. The third-order valence-corrected chi connectivity index (χ3v) is 3.17. The van der Waals surface area contributed by atoms with Crippen LogP contribution in [0.5, 0.6) is 0 Å². The van der Waals surface area contributed by atoms with E-state index >= 15 is 0 Å². The summed E-state index contributed by atoms with van der Waals surface area (Å²) in [6.45, 7) is 2.95. The molecule has 0 spiro atoms. The van der Waals surface area contributed by atoms with Gasteiger partial charge in [0.25, 0.3) is 0 Å². The smallest absolute Gasteiger partial charge is 0.0454 e. The molecule has 0 aliphatic heterocycles. The normalized spacial score (nSPS) is 10.2. The largest absolute Gasteiger partial charge is 0.381 e. The SMILES string of the molecule is Cc1ccc(NCc2ccc3[nH]ccc3c2)cc1.Cl. The van der Waals surface area contributed by atoms with Crippen molar-refractivity contribution in [1.29, 1.82) is 0 Å². The number of fused-ring (bicyclic) bond motifs is 1. The molecule has 3 rings (SSSR count). The molecule has 0 unspecified atom stereocenters. The zero-order chi connectivity index (χ0) is 12.4. The van der Waals surface area contributed by atoms with Gasteiger partial charge in [0.05, 0.1) is 0 Å². The van der Waals surface area contributed by atoms with E-state index in [1.807, 2.05) is 6.20 Å². The summed E-state index contributed by atoms with van der Waals surface area (Å²) in [7, 11) is 0. The highest BCUT2D eigenvalue weighted by Gasteiger charge is 1.97. The predicted octanol–water partition coefficient (Wildman–Crippen LogP) is 4.51. The molecule has 3 aromatic rings. The van der Waals surface area contributed by atoms with E-state index in [1.54, 1.807) is 0 Å². The maximum absolute atomic E-state index is 3.43. The van der Waals surface area contributed by atoms with Crippen LogP contribution in [0, 0.1) is 6.92 Å². The molecule has 0 aliphatic carbocycles. The van der Waals surface area contributed by atoms with Crippen molar-refractivity contribution < 1.29 is 0 Å². The fourth-order valence-electron chi connectivity index (χ4n) is 2.09. The first kappa shape index (κ1) is 13.5. The van der Waals surface area contributed by atoms with Crippen molar-refractivity contribution in [3.8, 4) is 0 Å². The lowest BCUT2D eigenvalue weighted by atomic mass is 10.1. The maximum atomic E-state index is 3.43. The lowest BCUT2D eigenvalue weighted by Crippen LogP contribution is -1.98. The molecule has 0 radical (unpaired) electrons. The Kier molecular flexibility index (Phi) is 4.13. The first-order valence-electron chi connectivity index (χ1n) is 6.18. The minimum absolute atomic E-state index is 0. The van der Waals surface area contributed by atoms with Gasteiger partial charge in [-0.2, -0.15) is 0 Å². The van der Waals surface area contributed by atoms with Gasteiger partial charge in [-0.3, -0.25) is 0 Å². The first-order chi connectivity index (χ1) is 8.81. The highest BCUT2D eigenvalue weighted by atomic mass is 35.5. The zero-order valence-electron chi connectivity index (χ0n) is 10.8. The minimum Gasteiger partial charge on any atom is -0.381 e. The van der Waals surface area contributed by atoms with Crippen molar-refractivity contribution in [2.45, 2.75) is 13.5 Å². The van der Waals surface area contributed by atoms with Crippen LogP contribution < -0.4 is 5.32 Å². The van der Waals surface area contributed by atoms with Crippen molar-refractivity contribution in [2.75, 3.05) is 5.32 Å². The molecule has 0 saturated carbocycles. The summed E-state index contributed by atoms with van der Waals surface area (Å²) in [5.74, 6) is 0. The van der Waals surface area contributed by atoms with E-state index in [0.717, 1.165) is 12.2 Å². The van der Waals surface area contributed by atoms with Gasteiger partial charge in [-0.15, -0.1) is 12.4 Å². The summed E-state index contributed by atoms with van der Waals surface area (Å²) in [6, 6.07) is 17.1. The van der Waals surface area contributed by atoms with E-state index in [1.165, 1.54) is 22.0 Å². The third-order valence-electron chi connectivity index (χ3n) is 3.17. The van der Waals surface area contributed by atoms with Crippen LogP contribution in [0.1, 0.15) is 11.1 Å². The number of aryl methyl sites for hydroxylation is 1. The Hall–Kier alpha value is -1.93. The number of H-pyrrole nitrogens is 1. The fraction of sp³-hybridized carbons (Fsp3) is 0.125. The van der Waals surface area contributed by atoms with Gasteiger partial charge in [-0.1, -0.05) is 23.8 Å². The van der Waals surface area contributed by atoms with Crippen molar-refractivity contribution in [3.05, 3.63) is 65.9 Å². The quantitative estimate of drug-likeness (QED) is 0.721. The number of hydrogen-bond acceptors (Lipinski definition) is 1. The zero-order valence-corrected chi connectivity index (χ0v) is 11.6. The van der Waals surface area contributed by atoms with Crippen LogP contribution in [0.25, 0.3) is 10.9 Å². The molecule has 0 saturated heterocycles. The van der Waals surface area contributed by atoms with Crippen molar-refractivity contribution >= 4 is 29.0 Å². The topological polar surface area (TPSA) is 27.8 Å². The number of halogens is 1. The van der Waals surface area contributed by atoms with Gasteiger partial charge in [-0.25, -0.2) is 0 Å². The van der Waals surface area contributed by atoms with Gasteiger partial charge < -0.3 is 10.3 Å². The molecule has 0 amide bonds. The average molecular weight is 273 g/mol. The average Bonchev–Trinajstić information content (AvgIpc) is 2.85. The van der Waals surface area contributed by atoms with Crippen LogP contribution in [-0.2, 0) is 6.54 Å². The lowest BCUT2D eigenvalue weighted by Gasteiger charge is -2.07. The van der Waals surface area contributed by atoms with Crippen LogP contribution in [0.2, 0.25) is 0 Å². The van der Waals surface area contributed by atoms with Gasteiger partial charge in [0.2, 0.25) is 0 Å². The molecule has 2 nitrogen and oxygen atoms in total. The number of aromatic amines is 1. The first-order valence-corrected chi connectivity index (χ1v) is 6.18. The van der Waals surface area contributed by atoms with Crippen LogP contribution in [0.4, 0.5) is 5.69 Å². The Labute approximate surface area is 119 Å². The Morgan fingerprint density at radius 1 is 1.00 bits per heavy atom. The predicted molar refractivity (Wildman–Crippen MR) is 84.1 cm³/mol. The van der Waals surface area contributed by atoms with Crippen LogP contribution in [-0.4, -0.2) is 4.98 Å². The second-order valence-electron chi connectivity index (χ2n) is 4.62. The molecule has 0 bridgehead atoms. The van der Waals surface area contributed by atoms with Crippen LogP contribution in [0.15, 0.2) is 54.7 Å². The fourth-order valence-corrected chi connectivity index (χ4v) is 2.09. The molecule has 2 aromatic carbocycles. The Morgan fingerprint density at radius 3 is 2.58 bits per heavy atom. The highest BCUT2D eigenvalue weighted by Crippen LogP contribution is 2.16. The summed E-state index contributed by atoms with van der Waals surface area (Å²) >= 11 is 0. The molecule has 0 aliphatic rings. The summed E-state index contributed by atoms with van der Waals surface area (Å²) < 4.78 is 0. The van der Waals surface area contributed by atoms with E-state index in [-0.39, 0.29) is 12.4 Å². The van der Waals surface area contributed by atoms with Crippen LogP contribution in [0.3, 0.4) is 0 Å². The Bertz CT molecular complexity index is 656. The van der Waals surface area contributed by atoms with E-state index in [9.17, 15) is 0 Å². The lowest BCUT2D eigenvalue weighted by molar-refractivity contribution is 1.15. The monoisotopic (exact) mass is 272 g/mol. The van der Waals surface area contributed by atoms with Crippen LogP contribution >= 0.6 is 12.4 Å². The van der Waals surface area contributed by atoms with Crippen molar-refractivity contribution in [2.24, 2.45) is 0 Å². The number of nitrogens with one attached hydrogen (secondary N) is 2. The summed E-state index contributed by atoms with van der Waals surface area (Å²) in [5.41, 5.74) is 4.93. The molecule has 0 atom stereocenters. The maximum Gasteiger partial charge on any atom is 0.0454 e. The van der Waals surface area contributed by atoms with E-state index in [4.69, 9.17) is 0 Å². The van der Waals surface area contributed by atoms with E-state index in [2.05, 4.69) is 65.8 Å². The second kappa shape index (κ2) is 5.81. The van der Waals surface area contributed by atoms with Crippen molar-refractivity contribution in [3.63, 3.8) is 0 Å². The molecular weight excluding hydrogens is 256 g/mol. The molecule has 98 valence electrons.